The largest absolute Gasteiger partial charge is 0.300 e. The minimum atomic E-state index is -0.553. The Morgan fingerprint density at radius 1 is 1.10 bits per heavy atom. The molecule has 1 aliphatic heterocycles. The van der Waals surface area contributed by atoms with Crippen molar-refractivity contribution in [2.45, 2.75) is 6.54 Å². The van der Waals surface area contributed by atoms with Crippen LogP contribution >= 0.6 is 15.9 Å². The maximum atomic E-state index is 13.1. The Labute approximate surface area is 123 Å². The molecule has 5 heteroatoms. The van der Waals surface area contributed by atoms with E-state index < -0.39 is 11.7 Å². The Hall–Kier alpha value is -2.01. The first kappa shape index (κ1) is 13.0. The molecule has 0 spiro atoms. The van der Waals surface area contributed by atoms with Crippen LogP contribution in [0.1, 0.15) is 15.9 Å². The van der Waals surface area contributed by atoms with Crippen LogP contribution in [0.25, 0.3) is 0 Å². The minimum Gasteiger partial charge on any atom is -0.300 e. The monoisotopic (exact) mass is 333 g/mol. The van der Waals surface area contributed by atoms with Gasteiger partial charge in [-0.05, 0) is 29.8 Å². The first-order valence-corrected chi connectivity index (χ1v) is 6.76. The molecule has 0 bridgehead atoms. The van der Waals surface area contributed by atoms with Gasteiger partial charge < -0.3 is 4.90 Å². The van der Waals surface area contributed by atoms with Crippen LogP contribution in [0, 0.1) is 5.82 Å². The van der Waals surface area contributed by atoms with Gasteiger partial charge in [0, 0.05) is 4.47 Å². The number of halogens is 2. The normalized spacial score (nSPS) is 13.8. The van der Waals surface area contributed by atoms with E-state index in [4.69, 9.17) is 0 Å². The van der Waals surface area contributed by atoms with E-state index >= 15 is 0 Å². The van der Waals surface area contributed by atoms with Crippen LogP contribution < -0.4 is 4.90 Å². The number of hydrogen-bond acceptors (Lipinski definition) is 2. The molecule has 0 aromatic heterocycles. The van der Waals surface area contributed by atoms with Crippen molar-refractivity contribution >= 4 is 33.3 Å². The summed E-state index contributed by atoms with van der Waals surface area (Å²) in [6, 6.07) is 11.1. The number of benzene rings is 2. The van der Waals surface area contributed by atoms with Crippen LogP contribution in [0.2, 0.25) is 0 Å². The molecule has 0 saturated carbocycles. The summed E-state index contributed by atoms with van der Waals surface area (Å²) >= 11 is 3.27. The Morgan fingerprint density at radius 2 is 1.85 bits per heavy atom. The van der Waals surface area contributed by atoms with Crippen LogP contribution in [0.4, 0.5) is 10.1 Å². The maximum Gasteiger partial charge on any atom is 0.299 e. The van der Waals surface area contributed by atoms with Crippen LogP contribution in [0.3, 0.4) is 0 Å². The number of fused-ring (bicyclic) bond motifs is 1. The average molecular weight is 334 g/mol. The number of hydrogen-bond donors (Lipinski definition) is 0. The van der Waals surface area contributed by atoms with E-state index in [2.05, 4.69) is 15.9 Å². The molecule has 0 aliphatic carbocycles. The summed E-state index contributed by atoms with van der Waals surface area (Å²) in [4.78, 5) is 25.3. The number of ketones is 1. The molecule has 1 amide bonds. The van der Waals surface area contributed by atoms with E-state index in [0.29, 0.717) is 15.7 Å². The maximum absolute atomic E-state index is 13.1. The molecule has 0 fully saturated rings. The quantitative estimate of drug-likeness (QED) is 0.790. The van der Waals surface area contributed by atoms with Gasteiger partial charge in [-0.15, -0.1) is 0 Å². The molecule has 2 aromatic carbocycles. The van der Waals surface area contributed by atoms with E-state index in [9.17, 15) is 14.0 Å². The van der Waals surface area contributed by atoms with Crippen LogP contribution in [-0.4, -0.2) is 11.7 Å². The minimum absolute atomic E-state index is 0.225. The van der Waals surface area contributed by atoms with E-state index in [1.165, 1.54) is 17.0 Å². The summed E-state index contributed by atoms with van der Waals surface area (Å²) in [7, 11) is 0. The standard InChI is InChI=1S/C15H9BrFNO2/c16-12-7-10(17)6-5-9(12)8-18-13-4-2-1-3-11(13)14(19)15(18)20/h1-7H,8H2. The number of para-hydroxylation sites is 1. The topological polar surface area (TPSA) is 37.4 Å². The van der Waals surface area contributed by atoms with Gasteiger partial charge in [-0.1, -0.05) is 34.1 Å². The van der Waals surface area contributed by atoms with Crippen molar-refractivity contribution in [3.05, 3.63) is 63.9 Å². The summed E-state index contributed by atoms with van der Waals surface area (Å²) < 4.78 is 13.6. The second kappa shape index (κ2) is 4.83. The highest BCUT2D eigenvalue weighted by Crippen LogP contribution is 2.31. The van der Waals surface area contributed by atoms with E-state index in [0.717, 1.165) is 5.56 Å². The Bertz CT molecular complexity index is 730. The number of rotatable bonds is 2. The molecule has 2 aromatic rings. The fourth-order valence-corrected chi connectivity index (χ4v) is 2.70. The fraction of sp³-hybridized carbons (Fsp3) is 0.0667. The highest BCUT2D eigenvalue weighted by atomic mass is 79.9. The van der Waals surface area contributed by atoms with Crippen molar-refractivity contribution in [1.29, 1.82) is 0 Å². The predicted molar refractivity (Wildman–Crippen MR) is 76.1 cm³/mol. The molecule has 0 N–H and O–H groups in total. The molecule has 3 rings (SSSR count). The van der Waals surface area contributed by atoms with Crippen molar-refractivity contribution in [3.8, 4) is 0 Å². The molecule has 100 valence electrons. The molecular weight excluding hydrogens is 325 g/mol. The first-order chi connectivity index (χ1) is 9.58. The lowest BCUT2D eigenvalue weighted by molar-refractivity contribution is -0.114. The van der Waals surface area contributed by atoms with Gasteiger partial charge in [-0.25, -0.2) is 4.39 Å². The second-order valence-corrected chi connectivity index (χ2v) is 5.33. The number of carbonyl (C=O) groups excluding carboxylic acids is 2. The zero-order chi connectivity index (χ0) is 14.3. The molecule has 0 radical (unpaired) electrons. The Kier molecular flexibility index (Phi) is 3.14. The summed E-state index contributed by atoms with van der Waals surface area (Å²) in [6.45, 7) is 0.225. The molecule has 0 unspecified atom stereocenters. The van der Waals surface area contributed by atoms with Gasteiger partial charge in [0.2, 0.25) is 0 Å². The Morgan fingerprint density at radius 3 is 2.60 bits per heavy atom. The third kappa shape index (κ3) is 2.04. The van der Waals surface area contributed by atoms with Crippen LogP contribution in [-0.2, 0) is 11.3 Å². The summed E-state index contributed by atoms with van der Waals surface area (Å²) in [5.74, 6) is -1.41. The van der Waals surface area contributed by atoms with Gasteiger partial charge in [0.25, 0.3) is 11.7 Å². The average Bonchev–Trinajstić information content (AvgIpc) is 2.67. The van der Waals surface area contributed by atoms with Gasteiger partial charge in [0.1, 0.15) is 5.82 Å². The number of anilines is 1. The molecule has 1 aliphatic rings. The smallest absolute Gasteiger partial charge is 0.299 e. The van der Waals surface area contributed by atoms with Gasteiger partial charge in [-0.3, -0.25) is 9.59 Å². The SMILES string of the molecule is O=C1C(=O)N(Cc2ccc(F)cc2Br)c2ccccc21. The second-order valence-electron chi connectivity index (χ2n) is 4.47. The number of nitrogens with zero attached hydrogens (tertiary/aromatic N) is 1. The summed E-state index contributed by atoms with van der Waals surface area (Å²) in [6.07, 6.45) is 0. The molecule has 20 heavy (non-hydrogen) atoms. The Balaban J connectivity index is 1.99. The third-order valence-corrected chi connectivity index (χ3v) is 3.96. The molecule has 0 atom stereocenters. The van der Waals surface area contributed by atoms with E-state index in [1.54, 1.807) is 30.3 Å². The lowest BCUT2D eigenvalue weighted by Gasteiger charge is -2.17. The van der Waals surface area contributed by atoms with Gasteiger partial charge in [0.05, 0.1) is 17.8 Å². The van der Waals surface area contributed by atoms with E-state index in [1.807, 2.05) is 0 Å². The highest BCUT2D eigenvalue weighted by molar-refractivity contribution is 9.10. The fourth-order valence-electron chi connectivity index (χ4n) is 2.23. The highest BCUT2D eigenvalue weighted by Gasteiger charge is 2.35. The molecule has 3 nitrogen and oxygen atoms in total. The predicted octanol–water partition coefficient (Wildman–Crippen LogP) is 3.32. The molecule has 1 heterocycles. The van der Waals surface area contributed by atoms with E-state index in [-0.39, 0.29) is 12.4 Å². The van der Waals surface area contributed by atoms with Crippen molar-refractivity contribution in [2.24, 2.45) is 0 Å². The first-order valence-electron chi connectivity index (χ1n) is 5.97. The van der Waals surface area contributed by atoms with Gasteiger partial charge >= 0.3 is 0 Å². The number of amides is 1. The molecular formula is C15H9BrFNO2. The van der Waals surface area contributed by atoms with Crippen LogP contribution in [0.5, 0.6) is 0 Å². The lowest BCUT2D eigenvalue weighted by atomic mass is 10.1. The third-order valence-electron chi connectivity index (χ3n) is 3.22. The van der Waals surface area contributed by atoms with Crippen molar-refractivity contribution in [1.82, 2.24) is 0 Å². The van der Waals surface area contributed by atoms with Crippen LogP contribution in [0.15, 0.2) is 46.9 Å². The zero-order valence-electron chi connectivity index (χ0n) is 10.3. The van der Waals surface area contributed by atoms with Gasteiger partial charge in [0.15, 0.2) is 0 Å². The summed E-state index contributed by atoms with van der Waals surface area (Å²) in [5.41, 5.74) is 1.75. The zero-order valence-corrected chi connectivity index (χ0v) is 11.9. The molecule has 0 saturated heterocycles. The van der Waals surface area contributed by atoms with Crippen molar-refractivity contribution < 1.29 is 14.0 Å². The van der Waals surface area contributed by atoms with Crippen molar-refractivity contribution in [3.63, 3.8) is 0 Å². The summed E-state index contributed by atoms with van der Waals surface area (Å²) in [5, 5.41) is 0. The van der Waals surface area contributed by atoms with Gasteiger partial charge in [-0.2, -0.15) is 0 Å². The van der Waals surface area contributed by atoms with Crippen molar-refractivity contribution in [2.75, 3.05) is 4.90 Å². The number of Topliss-reactive ketones (excluding diaryl/α,β-unsaturated/α-hetero) is 1. The lowest BCUT2D eigenvalue weighted by Crippen LogP contribution is -2.29. The number of carbonyl (C=O) groups is 2.